The van der Waals surface area contributed by atoms with Crippen molar-refractivity contribution < 1.29 is 4.79 Å². The van der Waals surface area contributed by atoms with Crippen molar-refractivity contribution in [2.24, 2.45) is 0 Å². The minimum atomic E-state index is 0.207. The van der Waals surface area contributed by atoms with Crippen LogP contribution < -0.4 is 0 Å². The first kappa shape index (κ1) is 18.5. The highest BCUT2D eigenvalue weighted by Gasteiger charge is 2.22. The highest BCUT2D eigenvalue weighted by Crippen LogP contribution is 2.31. The van der Waals surface area contributed by atoms with Crippen molar-refractivity contribution in [2.75, 3.05) is 0 Å². The third-order valence-corrected chi connectivity index (χ3v) is 4.58. The lowest BCUT2D eigenvalue weighted by Crippen LogP contribution is -2.23. The van der Waals surface area contributed by atoms with Gasteiger partial charge in [-0.3, -0.25) is 4.79 Å². The van der Waals surface area contributed by atoms with Crippen molar-refractivity contribution in [3.8, 4) is 0 Å². The smallest absolute Gasteiger partial charge is 0.222 e. The summed E-state index contributed by atoms with van der Waals surface area (Å²) in [6, 6.07) is 6.41. The van der Waals surface area contributed by atoms with Crippen LogP contribution in [0, 0.1) is 0 Å². The summed E-state index contributed by atoms with van der Waals surface area (Å²) in [7, 11) is 0. The van der Waals surface area contributed by atoms with Crippen molar-refractivity contribution in [1.29, 1.82) is 0 Å². The monoisotopic (exact) mass is 343 g/mol. The van der Waals surface area contributed by atoms with Gasteiger partial charge in [-0.25, -0.2) is 0 Å². The molecule has 0 bridgehead atoms. The van der Waals surface area contributed by atoms with E-state index < -0.39 is 0 Å². The SMILES string of the molecule is C\C=C/C=C(\C(Cl)=C\CCC)c1ccc2c(c1)CN(C(=O)CC)C2. The largest absolute Gasteiger partial charge is 0.334 e. The number of carbonyl (C=O) groups is 1. The number of rotatable bonds is 6. The summed E-state index contributed by atoms with van der Waals surface area (Å²) in [6.07, 6.45) is 10.7. The Morgan fingerprint density at radius 3 is 2.67 bits per heavy atom. The number of hydrogen-bond acceptors (Lipinski definition) is 1. The van der Waals surface area contributed by atoms with Crippen LogP contribution in [-0.4, -0.2) is 10.8 Å². The Morgan fingerprint density at radius 2 is 2.00 bits per heavy atom. The third-order valence-electron chi connectivity index (χ3n) is 4.22. The molecule has 0 spiro atoms. The zero-order valence-corrected chi connectivity index (χ0v) is 15.6. The first-order chi connectivity index (χ1) is 11.6. The van der Waals surface area contributed by atoms with Gasteiger partial charge in [0.15, 0.2) is 0 Å². The van der Waals surface area contributed by atoms with Gasteiger partial charge in [0.25, 0.3) is 0 Å². The maximum atomic E-state index is 11.9. The molecular weight excluding hydrogens is 318 g/mol. The summed E-state index contributed by atoms with van der Waals surface area (Å²) in [5.74, 6) is 0.207. The van der Waals surface area contributed by atoms with Crippen LogP contribution in [-0.2, 0) is 17.9 Å². The summed E-state index contributed by atoms with van der Waals surface area (Å²) < 4.78 is 0. The second-order valence-electron chi connectivity index (χ2n) is 6.03. The Balaban J connectivity index is 2.32. The molecule has 0 radical (unpaired) electrons. The van der Waals surface area contributed by atoms with E-state index in [0.717, 1.165) is 35.6 Å². The molecule has 1 aromatic carbocycles. The lowest BCUT2D eigenvalue weighted by molar-refractivity contribution is -0.131. The van der Waals surface area contributed by atoms with Gasteiger partial charge in [0.1, 0.15) is 0 Å². The van der Waals surface area contributed by atoms with Gasteiger partial charge in [0.05, 0.1) is 0 Å². The van der Waals surface area contributed by atoms with E-state index in [9.17, 15) is 4.79 Å². The van der Waals surface area contributed by atoms with E-state index in [4.69, 9.17) is 11.6 Å². The van der Waals surface area contributed by atoms with E-state index in [0.29, 0.717) is 13.0 Å². The van der Waals surface area contributed by atoms with Crippen LogP contribution in [0.15, 0.2) is 47.5 Å². The Kier molecular flexibility index (Phi) is 6.86. The van der Waals surface area contributed by atoms with Gasteiger partial charge in [0.2, 0.25) is 5.91 Å². The maximum absolute atomic E-state index is 11.9. The molecule has 0 N–H and O–H groups in total. The number of amides is 1. The number of carbonyl (C=O) groups excluding carboxylic acids is 1. The second kappa shape index (κ2) is 8.89. The Bertz CT molecular complexity index is 685. The number of benzene rings is 1. The van der Waals surface area contributed by atoms with Crippen molar-refractivity contribution in [1.82, 2.24) is 4.90 Å². The lowest BCUT2D eigenvalue weighted by atomic mass is 9.99. The Morgan fingerprint density at radius 1 is 1.25 bits per heavy atom. The predicted octanol–water partition coefficient (Wildman–Crippen LogP) is 5.82. The van der Waals surface area contributed by atoms with Crippen LogP contribution in [0.5, 0.6) is 0 Å². The number of allylic oxidation sites excluding steroid dienone is 6. The standard InChI is InChI=1S/C21H26ClNO/c1-4-7-9-19(20(22)10-8-5-2)16-11-12-17-14-23(21(24)6-3)15-18(17)13-16/h4,7,9-13H,5-6,8,14-15H2,1-3H3/b7-4-,19-9-,20-10-. The molecule has 24 heavy (non-hydrogen) atoms. The van der Waals surface area contributed by atoms with Crippen LogP contribution >= 0.6 is 11.6 Å². The molecule has 0 saturated carbocycles. The molecule has 1 aromatic rings. The van der Waals surface area contributed by atoms with Gasteiger partial charge in [-0.1, -0.05) is 68.3 Å². The Labute approximate surface area is 150 Å². The average Bonchev–Trinajstić information content (AvgIpc) is 3.02. The number of hydrogen-bond donors (Lipinski definition) is 0. The fourth-order valence-corrected chi connectivity index (χ4v) is 3.13. The normalized spacial score (nSPS) is 15.2. The van der Waals surface area contributed by atoms with Crippen molar-refractivity contribution in [3.05, 3.63) is 64.2 Å². The quantitative estimate of drug-likeness (QED) is 0.596. The van der Waals surface area contributed by atoms with E-state index >= 15 is 0 Å². The highest BCUT2D eigenvalue weighted by atomic mass is 35.5. The van der Waals surface area contributed by atoms with Gasteiger partial charge >= 0.3 is 0 Å². The Hall–Kier alpha value is -1.80. The summed E-state index contributed by atoms with van der Waals surface area (Å²) in [4.78, 5) is 13.9. The van der Waals surface area contributed by atoms with E-state index in [2.05, 4.69) is 37.3 Å². The minimum Gasteiger partial charge on any atom is -0.334 e. The molecule has 3 heteroatoms. The molecule has 1 aliphatic rings. The van der Waals surface area contributed by atoms with Gasteiger partial charge in [-0.05, 0) is 41.7 Å². The van der Waals surface area contributed by atoms with Crippen molar-refractivity contribution >= 4 is 23.1 Å². The zero-order chi connectivity index (χ0) is 17.5. The fourth-order valence-electron chi connectivity index (χ4n) is 2.85. The van der Waals surface area contributed by atoms with Gasteiger partial charge in [-0.15, -0.1) is 0 Å². The van der Waals surface area contributed by atoms with Crippen LogP contribution in [0.2, 0.25) is 0 Å². The number of nitrogens with zero attached hydrogens (tertiary/aromatic N) is 1. The van der Waals surface area contributed by atoms with Crippen LogP contribution in [0.4, 0.5) is 0 Å². The van der Waals surface area contributed by atoms with E-state index in [1.54, 1.807) is 0 Å². The van der Waals surface area contributed by atoms with Gasteiger partial charge < -0.3 is 4.90 Å². The van der Waals surface area contributed by atoms with Gasteiger partial charge in [-0.2, -0.15) is 0 Å². The zero-order valence-electron chi connectivity index (χ0n) is 14.8. The molecule has 128 valence electrons. The van der Waals surface area contributed by atoms with Crippen molar-refractivity contribution in [2.45, 2.75) is 53.1 Å². The molecule has 0 saturated heterocycles. The van der Waals surface area contributed by atoms with Gasteiger partial charge in [0, 0.05) is 24.5 Å². The molecule has 1 heterocycles. The summed E-state index contributed by atoms with van der Waals surface area (Å²) in [5, 5.41) is 0.786. The molecule has 0 aromatic heterocycles. The van der Waals surface area contributed by atoms with E-state index in [-0.39, 0.29) is 5.91 Å². The lowest BCUT2D eigenvalue weighted by Gasteiger charge is -2.13. The summed E-state index contributed by atoms with van der Waals surface area (Å²) in [5.41, 5.74) is 4.60. The third kappa shape index (κ3) is 4.39. The van der Waals surface area contributed by atoms with Crippen LogP contribution in [0.25, 0.3) is 5.57 Å². The van der Waals surface area contributed by atoms with E-state index in [1.165, 1.54) is 11.1 Å². The minimum absolute atomic E-state index is 0.207. The van der Waals surface area contributed by atoms with Crippen LogP contribution in [0.3, 0.4) is 0 Å². The molecule has 0 atom stereocenters. The molecule has 1 amide bonds. The number of fused-ring (bicyclic) bond motifs is 1. The molecule has 0 unspecified atom stereocenters. The molecule has 2 rings (SSSR count). The topological polar surface area (TPSA) is 20.3 Å². The first-order valence-corrected chi connectivity index (χ1v) is 9.07. The van der Waals surface area contributed by atoms with E-state index in [1.807, 2.05) is 30.9 Å². The van der Waals surface area contributed by atoms with Crippen molar-refractivity contribution in [3.63, 3.8) is 0 Å². The first-order valence-electron chi connectivity index (χ1n) is 8.69. The summed E-state index contributed by atoms with van der Waals surface area (Å²) >= 11 is 6.54. The molecule has 0 aliphatic carbocycles. The second-order valence-corrected chi connectivity index (χ2v) is 6.44. The molecule has 1 aliphatic heterocycles. The predicted molar refractivity (Wildman–Crippen MR) is 103 cm³/mol. The fraction of sp³-hybridized carbons (Fsp3) is 0.381. The highest BCUT2D eigenvalue weighted by molar-refractivity contribution is 6.37. The van der Waals surface area contributed by atoms with Crippen LogP contribution in [0.1, 0.15) is 56.7 Å². The summed E-state index contributed by atoms with van der Waals surface area (Å²) in [6.45, 7) is 7.46. The number of halogens is 1. The molecule has 2 nitrogen and oxygen atoms in total. The average molecular weight is 344 g/mol. The molecule has 0 fully saturated rings. The molecular formula is C21H26ClNO. The maximum Gasteiger partial charge on any atom is 0.222 e. The number of unbranched alkanes of at least 4 members (excludes halogenated alkanes) is 1.